The lowest BCUT2D eigenvalue weighted by molar-refractivity contribution is 0.311. The highest BCUT2D eigenvalue weighted by Crippen LogP contribution is 2.06. The second kappa shape index (κ2) is 3.97. The van der Waals surface area contributed by atoms with E-state index < -0.39 is 11.2 Å². The molecule has 0 saturated carbocycles. The molecule has 0 saturated heterocycles. The molecule has 0 aromatic carbocycles. The van der Waals surface area contributed by atoms with Crippen LogP contribution in [0.5, 0.6) is 0 Å². The molecular formula is C7H12N4O3. The molecule has 0 unspecified atom stereocenters. The standard InChI is InChI=1S/C7H12N4O3/c1-11-5(8)4(9-2-3-12)6(13)10-7(11)14/h9,12H,2-3,8H2,1H3,(H,10,13,14). The maximum absolute atomic E-state index is 11.2. The smallest absolute Gasteiger partial charge is 0.329 e. The summed E-state index contributed by atoms with van der Waals surface area (Å²) in [5.74, 6) is 0.0483. The minimum Gasteiger partial charge on any atom is -0.395 e. The van der Waals surface area contributed by atoms with E-state index in [0.29, 0.717) is 0 Å². The maximum atomic E-state index is 11.2. The lowest BCUT2D eigenvalue weighted by Gasteiger charge is -2.09. The zero-order chi connectivity index (χ0) is 10.7. The summed E-state index contributed by atoms with van der Waals surface area (Å²) in [6.07, 6.45) is 0. The molecule has 0 aliphatic carbocycles. The predicted octanol–water partition coefficient (Wildman–Crippen LogP) is -1.94. The quantitative estimate of drug-likeness (QED) is 0.453. The van der Waals surface area contributed by atoms with Crippen molar-refractivity contribution in [1.82, 2.24) is 9.55 Å². The summed E-state index contributed by atoms with van der Waals surface area (Å²) in [4.78, 5) is 24.3. The fraction of sp³-hybridized carbons (Fsp3) is 0.429. The monoisotopic (exact) mass is 200 g/mol. The van der Waals surface area contributed by atoms with Crippen LogP contribution >= 0.6 is 0 Å². The van der Waals surface area contributed by atoms with Crippen LogP contribution in [0, 0.1) is 0 Å². The minimum atomic E-state index is -0.584. The number of nitrogens with zero attached hydrogens (tertiary/aromatic N) is 1. The lowest BCUT2D eigenvalue weighted by Crippen LogP contribution is -2.32. The molecule has 1 heterocycles. The highest BCUT2D eigenvalue weighted by Gasteiger charge is 2.08. The first-order valence-corrected chi connectivity index (χ1v) is 4.01. The largest absolute Gasteiger partial charge is 0.395 e. The Balaban J connectivity index is 3.23. The van der Waals surface area contributed by atoms with Crippen molar-refractivity contribution in [3.05, 3.63) is 20.8 Å². The normalized spacial score (nSPS) is 10.1. The molecule has 0 atom stereocenters. The molecule has 0 spiro atoms. The van der Waals surface area contributed by atoms with E-state index in [9.17, 15) is 9.59 Å². The van der Waals surface area contributed by atoms with E-state index >= 15 is 0 Å². The van der Waals surface area contributed by atoms with Crippen molar-refractivity contribution in [3.8, 4) is 0 Å². The van der Waals surface area contributed by atoms with Crippen LogP contribution in [0.1, 0.15) is 0 Å². The van der Waals surface area contributed by atoms with Crippen molar-refractivity contribution in [3.63, 3.8) is 0 Å². The molecule has 1 rings (SSSR count). The predicted molar refractivity (Wildman–Crippen MR) is 52.3 cm³/mol. The molecule has 7 heteroatoms. The molecule has 78 valence electrons. The lowest BCUT2D eigenvalue weighted by atomic mass is 10.4. The summed E-state index contributed by atoms with van der Waals surface area (Å²) in [6, 6.07) is 0. The van der Waals surface area contributed by atoms with E-state index in [1.54, 1.807) is 0 Å². The molecule has 0 aliphatic heterocycles. The van der Waals surface area contributed by atoms with Gasteiger partial charge in [0.1, 0.15) is 11.5 Å². The van der Waals surface area contributed by atoms with Gasteiger partial charge in [-0.1, -0.05) is 0 Å². The van der Waals surface area contributed by atoms with Gasteiger partial charge >= 0.3 is 5.69 Å². The zero-order valence-corrected chi connectivity index (χ0v) is 7.70. The zero-order valence-electron chi connectivity index (χ0n) is 7.70. The molecular weight excluding hydrogens is 188 g/mol. The van der Waals surface area contributed by atoms with Crippen LogP contribution in [0.2, 0.25) is 0 Å². The Labute approximate surface area is 79.2 Å². The van der Waals surface area contributed by atoms with Gasteiger partial charge in [0.05, 0.1) is 6.61 Å². The molecule has 0 amide bonds. The van der Waals surface area contributed by atoms with Crippen LogP contribution in [0.25, 0.3) is 0 Å². The number of nitrogen functional groups attached to an aromatic ring is 1. The SMILES string of the molecule is Cn1c(N)c(NCCO)c(=O)[nH]c1=O. The first kappa shape index (κ1) is 10.3. The highest BCUT2D eigenvalue weighted by atomic mass is 16.3. The number of H-pyrrole nitrogens is 1. The summed E-state index contributed by atoms with van der Waals surface area (Å²) in [7, 11) is 1.44. The number of aromatic nitrogens is 2. The number of rotatable bonds is 3. The van der Waals surface area contributed by atoms with E-state index in [4.69, 9.17) is 10.8 Å². The van der Waals surface area contributed by atoms with Gasteiger partial charge in [-0.05, 0) is 0 Å². The van der Waals surface area contributed by atoms with Crippen molar-refractivity contribution in [2.75, 3.05) is 24.2 Å². The number of aliphatic hydroxyl groups excluding tert-OH is 1. The van der Waals surface area contributed by atoms with E-state index in [2.05, 4.69) is 10.3 Å². The van der Waals surface area contributed by atoms with Crippen LogP contribution in [0.4, 0.5) is 11.5 Å². The van der Waals surface area contributed by atoms with Gasteiger partial charge in [-0.25, -0.2) is 4.79 Å². The molecule has 0 aliphatic rings. The number of hydrogen-bond donors (Lipinski definition) is 4. The number of hydrogen-bond acceptors (Lipinski definition) is 5. The molecule has 0 radical (unpaired) electrons. The van der Waals surface area contributed by atoms with Crippen LogP contribution < -0.4 is 22.3 Å². The van der Waals surface area contributed by atoms with Gasteiger partial charge < -0.3 is 16.2 Å². The fourth-order valence-electron chi connectivity index (χ4n) is 0.989. The number of nitrogens with one attached hydrogen (secondary N) is 2. The molecule has 5 N–H and O–H groups in total. The van der Waals surface area contributed by atoms with Gasteiger partial charge in [-0.3, -0.25) is 14.3 Å². The molecule has 0 fully saturated rings. The second-order valence-corrected chi connectivity index (χ2v) is 2.73. The Morgan fingerprint density at radius 2 is 2.21 bits per heavy atom. The average Bonchev–Trinajstić information content (AvgIpc) is 2.14. The third kappa shape index (κ3) is 1.77. The summed E-state index contributed by atoms with van der Waals surface area (Å²) in [5.41, 5.74) is 4.47. The van der Waals surface area contributed by atoms with Gasteiger partial charge in [0.2, 0.25) is 0 Å². The van der Waals surface area contributed by atoms with Gasteiger partial charge in [0.15, 0.2) is 0 Å². The second-order valence-electron chi connectivity index (χ2n) is 2.73. The van der Waals surface area contributed by atoms with Gasteiger partial charge in [0, 0.05) is 13.6 Å². The maximum Gasteiger partial charge on any atom is 0.329 e. The van der Waals surface area contributed by atoms with Crippen molar-refractivity contribution < 1.29 is 5.11 Å². The Morgan fingerprint density at radius 1 is 1.57 bits per heavy atom. The fourth-order valence-corrected chi connectivity index (χ4v) is 0.989. The van der Waals surface area contributed by atoms with Crippen LogP contribution in [0.15, 0.2) is 9.59 Å². The Bertz CT molecular complexity index is 434. The van der Waals surface area contributed by atoms with Gasteiger partial charge in [0.25, 0.3) is 5.56 Å². The molecule has 7 nitrogen and oxygen atoms in total. The topological polar surface area (TPSA) is 113 Å². The van der Waals surface area contributed by atoms with Gasteiger partial charge in [-0.15, -0.1) is 0 Å². The third-order valence-corrected chi connectivity index (χ3v) is 1.78. The number of nitrogens with two attached hydrogens (primary N) is 1. The van der Waals surface area contributed by atoms with Crippen molar-refractivity contribution in [1.29, 1.82) is 0 Å². The van der Waals surface area contributed by atoms with Crippen LogP contribution in [0.3, 0.4) is 0 Å². The van der Waals surface area contributed by atoms with Crippen LogP contribution in [-0.4, -0.2) is 27.8 Å². The Hall–Kier alpha value is -1.76. The first-order valence-electron chi connectivity index (χ1n) is 4.01. The van der Waals surface area contributed by atoms with E-state index in [1.807, 2.05) is 0 Å². The van der Waals surface area contributed by atoms with E-state index in [-0.39, 0.29) is 24.7 Å². The molecule has 1 aromatic rings. The summed E-state index contributed by atoms with van der Waals surface area (Å²) in [5, 5.41) is 11.2. The van der Waals surface area contributed by atoms with Crippen molar-refractivity contribution in [2.45, 2.75) is 0 Å². The number of aliphatic hydroxyl groups is 1. The van der Waals surface area contributed by atoms with Crippen molar-refractivity contribution >= 4 is 11.5 Å². The number of anilines is 2. The van der Waals surface area contributed by atoms with E-state index in [1.165, 1.54) is 7.05 Å². The Morgan fingerprint density at radius 3 is 2.79 bits per heavy atom. The molecule has 0 bridgehead atoms. The summed E-state index contributed by atoms with van der Waals surface area (Å²) in [6.45, 7) is 0.0766. The number of aromatic amines is 1. The Kier molecular flexibility index (Phi) is 2.92. The first-order chi connectivity index (χ1) is 6.57. The highest BCUT2D eigenvalue weighted by molar-refractivity contribution is 5.60. The van der Waals surface area contributed by atoms with Gasteiger partial charge in [-0.2, -0.15) is 0 Å². The average molecular weight is 200 g/mol. The third-order valence-electron chi connectivity index (χ3n) is 1.78. The summed E-state index contributed by atoms with van der Waals surface area (Å²) >= 11 is 0. The van der Waals surface area contributed by atoms with Crippen molar-refractivity contribution in [2.24, 2.45) is 7.05 Å². The minimum absolute atomic E-state index is 0.0483. The summed E-state index contributed by atoms with van der Waals surface area (Å²) < 4.78 is 1.11. The molecule has 1 aromatic heterocycles. The van der Waals surface area contributed by atoms with Crippen LogP contribution in [-0.2, 0) is 7.05 Å². The molecule has 14 heavy (non-hydrogen) atoms. The van der Waals surface area contributed by atoms with E-state index in [0.717, 1.165) is 4.57 Å².